The van der Waals surface area contributed by atoms with Gasteiger partial charge < -0.3 is 5.32 Å². The minimum atomic E-state index is -0.490. The van der Waals surface area contributed by atoms with E-state index >= 15 is 0 Å². The highest BCUT2D eigenvalue weighted by Crippen LogP contribution is 2.30. The molecule has 0 saturated carbocycles. The topological polar surface area (TPSA) is 12.0 Å². The number of benzene rings is 2. The van der Waals surface area contributed by atoms with Crippen LogP contribution in [0.5, 0.6) is 0 Å². The molecular formula is C15H13Cl2F2N. The van der Waals surface area contributed by atoms with E-state index < -0.39 is 5.82 Å². The van der Waals surface area contributed by atoms with Gasteiger partial charge in [0.25, 0.3) is 0 Å². The highest BCUT2D eigenvalue weighted by molar-refractivity contribution is 6.31. The van der Waals surface area contributed by atoms with Gasteiger partial charge in [-0.25, -0.2) is 8.78 Å². The van der Waals surface area contributed by atoms with Crippen molar-refractivity contribution >= 4 is 23.2 Å². The zero-order valence-corrected chi connectivity index (χ0v) is 12.3. The zero-order valence-electron chi connectivity index (χ0n) is 10.8. The van der Waals surface area contributed by atoms with Crippen LogP contribution in [0.15, 0.2) is 36.4 Å². The van der Waals surface area contributed by atoms with Gasteiger partial charge in [-0.15, -0.1) is 0 Å². The molecule has 1 unspecified atom stereocenters. The van der Waals surface area contributed by atoms with Gasteiger partial charge >= 0.3 is 0 Å². The molecule has 2 aromatic carbocycles. The number of nitrogens with one attached hydrogen (secondary N) is 1. The van der Waals surface area contributed by atoms with Gasteiger partial charge in [0.2, 0.25) is 0 Å². The molecule has 0 aliphatic rings. The van der Waals surface area contributed by atoms with Gasteiger partial charge in [0, 0.05) is 5.02 Å². The molecule has 2 rings (SSSR count). The third kappa shape index (κ3) is 3.29. The lowest BCUT2D eigenvalue weighted by Gasteiger charge is -2.20. The maximum atomic E-state index is 13.4. The van der Waals surface area contributed by atoms with Crippen LogP contribution in [0.2, 0.25) is 10.0 Å². The molecule has 0 amide bonds. The van der Waals surface area contributed by atoms with Crippen molar-refractivity contribution in [1.82, 2.24) is 5.32 Å². The Labute approximate surface area is 126 Å². The van der Waals surface area contributed by atoms with E-state index in [2.05, 4.69) is 5.32 Å². The fourth-order valence-electron chi connectivity index (χ4n) is 2.04. The van der Waals surface area contributed by atoms with Gasteiger partial charge in [0.05, 0.1) is 11.1 Å². The van der Waals surface area contributed by atoms with E-state index in [4.69, 9.17) is 23.2 Å². The molecule has 106 valence electrons. The quantitative estimate of drug-likeness (QED) is 0.840. The lowest BCUT2D eigenvalue weighted by atomic mass is 9.98. The Morgan fingerprint density at radius 1 is 1.05 bits per heavy atom. The molecule has 1 atom stereocenters. The summed E-state index contributed by atoms with van der Waals surface area (Å²) in [7, 11) is 0. The molecule has 0 saturated heterocycles. The highest BCUT2D eigenvalue weighted by Gasteiger charge is 2.18. The monoisotopic (exact) mass is 315 g/mol. The van der Waals surface area contributed by atoms with Crippen LogP contribution in [-0.4, -0.2) is 6.54 Å². The van der Waals surface area contributed by atoms with Crippen LogP contribution >= 0.6 is 23.2 Å². The Balaban J connectivity index is 2.49. The second kappa shape index (κ2) is 6.53. The summed E-state index contributed by atoms with van der Waals surface area (Å²) in [5.74, 6) is -0.864. The molecule has 0 spiro atoms. The number of halogens is 4. The molecule has 20 heavy (non-hydrogen) atoms. The average Bonchev–Trinajstić information content (AvgIpc) is 2.42. The smallest absolute Gasteiger partial charge is 0.141 e. The average molecular weight is 316 g/mol. The second-order valence-electron chi connectivity index (χ2n) is 4.33. The number of rotatable bonds is 4. The van der Waals surface area contributed by atoms with Crippen molar-refractivity contribution in [3.05, 3.63) is 69.2 Å². The Hall–Kier alpha value is -1.16. The zero-order chi connectivity index (χ0) is 14.7. The molecule has 2 aromatic rings. The first-order valence-electron chi connectivity index (χ1n) is 6.16. The molecule has 0 heterocycles. The van der Waals surface area contributed by atoms with Gasteiger partial charge in [0.1, 0.15) is 11.6 Å². The van der Waals surface area contributed by atoms with Crippen molar-refractivity contribution in [1.29, 1.82) is 0 Å². The first kappa shape index (κ1) is 15.2. The van der Waals surface area contributed by atoms with Crippen LogP contribution in [0.1, 0.15) is 24.1 Å². The molecule has 0 aromatic heterocycles. The van der Waals surface area contributed by atoms with Crippen molar-refractivity contribution in [3.8, 4) is 0 Å². The lowest BCUT2D eigenvalue weighted by Crippen LogP contribution is -2.22. The van der Waals surface area contributed by atoms with E-state index in [1.807, 2.05) is 6.92 Å². The summed E-state index contributed by atoms with van der Waals surface area (Å²) in [6.07, 6.45) is 0. The normalized spacial score (nSPS) is 12.4. The van der Waals surface area contributed by atoms with Crippen LogP contribution < -0.4 is 5.32 Å². The van der Waals surface area contributed by atoms with E-state index in [-0.39, 0.29) is 16.9 Å². The largest absolute Gasteiger partial charge is 0.306 e. The van der Waals surface area contributed by atoms with Crippen molar-refractivity contribution in [2.75, 3.05) is 6.54 Å². The summed E-state index contributed by atoms with van der Waals surface area (Å²) in [4.78, 5) is 0. The first-order chi connectivity index (χ1) is 9.52. The summed E-state index contributed by atoms with van der Waals surface area (Å²) >= 11 is 11.9. The van der Waals surface area contributed by atoms with Crippen LogP contribution in [0.25, 0.3) is 0 Å². The molecule has 0 aliphatic heterocycles. The summed E-state index contributed by atoms with van der Waals surface area (Å²) in [6, 6.07) is 8.23. The summed E-state index contributed by atoms with van der Waals surface area (Å²) in [5, 5.41) is 3.67. The molecule has 1 nitrogen and oxygen atoms in total. The van der Waals surface area contributed by atoms with E-state index in [1.165, 1.54) is 30.3 Å². The molecule has 1 N–H and O–H groups in total. The van der Waals surface area contributed by atoms with E-state index in [0.29, 0.717) is 17.1 Å². The Kier molecular flexibility index (Phi) is 4.97. The van der Waals surface area contributed by atoms with Crippen molar-refractivity contribution < 1.29 is 8.78 Å². The van der Waals surface area contributed by atoms with E-state index in [0.717, 1.165) is 5.56 Å². The summed E-state index contributed by atoms with van der Waals surface area (Å²) in [6.45, 7) is 2.57. The summed E-state index contributed by atoms with van der Waals surface area (Å²) in [5.41, 5.74) is 1.32. The van der Waals surface area contributed by atoms with Crippen molar-refractivity contribution in [3.63, 3.8) is 0 Å². The van der Waals surface area contributed by atoms with Crippen LogP contribution in [0.3, 0.4) is 0 Å². The predicted molar refractivity (Wildman–Crippen MR) is 78.3 cm³/mol. The Morgan fingerprint density at radius 3 is 2.45 bits per heavy atom. The number of hydrogen-bond acceptors (Lipinski definition) is 1. The lowest BCUT2D eigenvalue weighted by molar-refractivity contribution is 0.599. The van der Waals surface area contributed by atoms with E-state index in [1.54, 1.807) is 6.07 Å². The van der Waals surface area contributed by atoms with Crippen LogP contribution in [0, 0.1) is 11.6 Å². The van der Waals surface area contributed by atoms with Gasteiger partial charge in [-0.1, -0.05) is 36.2 Å². The third-order valence-electron chi connectivity index (χ3n) is 2.95. The number of hydrogen-bond donors (Lipinski definition) is 1. The maximum Gasteiger partial charge on any atom is 0.141 e. The molecule has 0 aliphatic carbocycles. The second-order valence-corrected chi connectivity index (χ2v) is 5.14. The van der Waals surface area contributed by atoms with Gasteiger partial charge in [0.15, 0.2) is 0 Å². The Bertz CT molecular complexity index is 617. The fraction of sp³-hybridized carbons (Fsp3) is 0.200. The molecule has 5 heteroatoms. The van der Waals surface area contributed by atoms with Crippen molar-refractivity contribution in [2.45, 2.75) is 13.0 Å². The molecular weight excluding hydrogens is 303 g/mol. The minimum absolute atomic E-state index is 0.0259. The van der Waals surface area contributed by atoms with Gasteiger partial charge in [-0.3, -0.25) is 0 Å². The standard InChI is InChI=1S/C15H13Cl2F2N/c1-2-20-15(9-3-6-14(19)13(17)7-9)11-8-10(18)4-5-12(11)16/h3-8,15,20H,2H2,1H3. The minimum Gasteiger partial charge on any atom is -0.306 e. The van der Waals surface area contributed by atoms with Gasteiger partial charge in [-0.05, 0) is 48.0 Å². The summed E-state index contributed by atoms with van der Waals surface area (Å²) < 4.78 is 26.7. The van der Waals surface area contributed by atoms with Gasteiger partial charge in [-0.2, -0.15) is 0 Å². The third-order valence-corrected chi connectivity index (χ3v) is 3.59. The van der Waals surface area contributed by atoms with E-state index in [9.17, 15) is 8.78 Å². The molecule has 0 fully saturated rings. The molecule has 0 radical (unpaired) electrons. The van der Waals surface area contributed by atoms with Crippen molar-refractivity contribution in [2.24, 2.45) is 0 Å². The molecule has 0 bridgehead atoms. The predicted octanol–water partition coefficient (Wildman–Crippen LogP) is 4.97. The Morgan fingerprint density at radius 2 is 1.80 bits per heavy atom. The van der Waals surface area contributed by atoms with Crippen LogP contribution in [0.4, 0.5) is 8.78 Å². The van der Waals surface area contributed by atoms with Crippen LogP contribution in [-0.2, 0) is 0 Å². The highest BCUT2D eigenvalue weighted by atomic mass is 35.5. The maximum absolute atomic E-state index is 13.4. The SMILES string of the molecule is CCNC(c1ccc(F)c(Cl)c1)c1cc(F)ccc1Cl. The first-order valence-corrected chi connectivity index (χ1v) is 6.91. The fourth-order valence-corrected chi connectivity index (χ4v) is 2.45.